The molecule has 178 valence electrons. The third kappa shape index (κ3) is 6.47. The van der Waals surface area contributed by atoms with Gasteiger partial charge in [0.15, 0.2) is 0 Å². The highest BCUT2D eigenvalue weighted by molar-refractivity contribution is 6.31. The summed E-state index contributed by atoms with van der Waals surface area (Å²) >= 11 is 6.19. The average Bonchev–Trinajstić information content (AvgIpc) is 2.78. The van der Waals surface area contributed by atoms with Gasteiger partial charge in [0, 0.05) is 30.7 Å². The first kappa shape index (κ1) is 25.0. The number of halogens is 2. The molecule has 0 aromatic heterocycles. The van der Waals surface area contributed by atoms with Crippen LogP contribution in [0.2, 0.25) is 5.02 Å². The molecular formula is C26H32ClFN2O3. The second-order valence-electron chi connectivity index (χ2n) is 8.99. The summed E-state index contributed by atoms with van der Waals surface area (Å²) in [4.78, 5) is 29.8. The molecule has 7 heteroatoms. The molecule has 1 aliphatic rings. The van der Waals surface area contributed by atoms with Crippen molar-refractivity contribution in [3.05, 3.63) is 64.4 Å². The molecule has 0 N–H and O–H groups in total. The smallest absolute Gasteiger partial charge is 0.257 e. The number of carbonyl (C=O) groups excluding carboxylic acids is 2. The van der Waals surface area contributed by atoms with E-state index in [2.05, 4.69) is 13.8 Å². The maximum atomic E-state index is 14.4. The number of nitrogens with zero attached hydrogens (tertiary/aromatic N) is 2. The van der Waals surface area contributed by atoms with E-state index in [9.17, 15) is 14.0 Å². The van der Waals surface area contributed by atoms with Crippen LogP contribution in [0.25, 0.3) is 0 Å². The molecule has 0 radical (unpaired) electrons. The molecule has 3 rings (SSSR count). The molecule has 0 aliphatic carbocycles. The van der Waals surface area contributed by atoms with Gasteiger partial charge in [-0.05, 0) is 49.4 Å². The van der Waals surface area contributed by atoms with Crippen LogP contribution in [0.3, 0.4) is 0 Å². The maximum Gasteiger partial charge on any atom is 0.257 e. The number of hydrogen-bond acceptors (Lipinski definition) is 3. The lowest BCUT2D eigenvalue weighted by molar-refractivity contribution is -0.134. The van der Waals surface area contributed by atoms with Crippen LogP contribution in [0.15, 0.2) is 42.5 Å². The van der Waals surface area contributed by atoms with E-state index < -0.39 is 5.82 Å². The monoisotopic (exact) mass is 474 g/mol. The molecule has 0 bridgehead atoms. The topological polar surface area (TPSA) is 49.9 Å². The quantitative estimate of drug-likeness (QED) is 0.611. The fourth-order valence-electron chi connectivity index (χ4n) is 4.19. The zero-order chi connectivity index (χ0) is 24.0. The van der Waals surface area contributed by atoms with Crippen molar-refractivity contribution in [3.63, 3.8) is 0 Å². The van der Waals surface area contributed by atoms with Crippen molar-refractivity contribution in [1.82, 2.24) is 9.80 Å². The molecule has 33 heavy (non-hydrogen) atoms. The Morgan fingerprint density at radius 1 is 1.15 bits per heavy atom. The Kier molecular flexibility index (Phi) is 8.73. The van der Waals surface area contributed by atoms with Gasteiger partial charge in [-0.25, -0.2) is 4.39 Å². The van der Waals surface area contributed by atoms with Gasteiger partial charge in [0.1, 0.15) is 18.2 Å². The fourth-order valence-corrected chi connectivity index (χ4v) is 4.42. The van der Waals surface area contributed by atoms with Gasteiger partial charge in [-0.2, -0.15) is 0 Å². The molecule has 1 aliphatic heterocycles. The zero-order valence-corrected chi connectivity index (χ0v) is 20.3. The Balaban J connectivity index is 1.90. The van der Waals surface area contributed by atoms with Crippen molar-refractivity contribution in [3.8, 4) is 5.75 Å². The summed E-state index contributed by atoms with van der Waals surface area (Å²) in [5, 5.41) is 0.253. The van der Waals surface area contributed by atoms with Gasteiger partial charge < -0.3 is 14.5 Å². The van der Waals surface area contributed by atoms with E-state index >= 15 is 0 Å². The molecule has 0 fully saturated rings. The van der Waals surface area contributed by atoms with Crippen LogP contribution in [-0.4, -0.2) is 54.4 Å². The minimum Gasteiger partial charge on any atom is -0.491 e. The number of amides is 2. The number of rotatable bonds is 4. The molecule has 2 aromatic rings. The highest BCUT2D eigenvalue weighted by Crippen LogP contribution is 2.25. The van der Waals surface area contributed by atoms with E-state index in [0.717, 1.165) is 19.3 Å². The molecule has 0 unspecified atom stereocenters. The highest BCUT2D eigenvalue weighted by Gasteiger charge is 2.28. The minimum absolute atomic E-state index is 0.0753. The summed E-state index contributed by atoms with van der Waals surface area (Å²) in [7, 11) is 1.77. The number of para-hydroxylation sites is 1. The van der Waals surface area contributed by atoms with E-state index in [-0.39, 0.29) is 41.5 Å². The number of hydrogen-bond donors (Lipinski definition) is 0. The third-order valence-electron chi connectivity index (χ3n) is 5.93. The van der Waals surface area contributed by atoms with Gasteiger partial charge in [-0.1, -0.05) is 43.6 Å². The Bertz CT molecular complexity index is 962. The molecule has 0 spiro atoms. The molecule has 0 saturated heterocycles. The lowest BCUT2D eigenvalue weighted by Crippen LogP contribution is -2.46. The molecule has 2 amide bonds. The van der Waals surface area contributed by atoms with Gasteiger partial charge in [-0.3, -0.25) is 9.59 Å². The summed E-state index contributed by atoms with van der Waals surface area (Å²) in [6.45, 7) is 5.53. The van der Waals surface area contributed by atoms with Crippen molar-refractivity contribution in [2.24, 2.45) is 5.92 Å². The van der Waals surface area contributed by atoms with Gasteiger partial charge in [-0.15, -0.1) is 0 Å². The number of fused-ring (bicyclic) bond motifs is 1. The van der Waals surface area contributed by atoms with Crippen LogP contribution in [0.4, 0.5) is 4.39 Å². The van der Waals surface area contributed by atoms with Crippen molar-refractivity contribution in [1.29, 1.82) is 0 Å². The zero-order valence-electron chi connectivity index (χ0n) is 19.5. The van der Waals surface area contributed by atoms with Crippen molar-refractivity contribution in [2.75, 3.05) is 26.7 Å². The normalized spacial score (nSPS) is 17.8. The number of ether oxygens (including phenoxy) is 1. The maximum absolute atomic E-state index is 14.4. The van der Waals surface area contributed by atoms with Crippen molar-refractivity contribution >= 4 is 23.4 Å². The fraction of sp³-hybridized carbons (Fsp3) is 0.462. The van der Waals surface area contributed by atoms with Gasteiger partial charge in [0.25, 0.3) is 5.91 Å². The van der Waals surface area contributed by atoms with Crippen LogP contribution in [0.5, 0.6) is 5.75 Å². The number of carbonyl (C=O) groups is 2. The first-order valence-electron chi connectivity index (χ1n) is 11.5. The summed E-state index contributed by atoms with van der Waals surface area (Å²) in [5.74, 6) is 0.103. The van der Waals surface area contributed by atoms with E-state index in [1.807, 2.05) is 17.0 Å². The molecule has 1 heterocycles. The Labute approximate surface area is 200 Å². The second kappa shape index (κ2) is 11.5. The Hall–Kier alpha value is -2.60. The standard InChI is InChI=1S/C26H32ClFN2O3/c1-18(2)15-19-17-33-24-12-5-4-9-20(24)26(32)29(3)13-6-7-14-30(19)25(31)16-21-22(27)10-8-11-23(21)28/h4-5,8-12,18-19H,6-7,13-17H2,1-3H3/t19-/m0/s1. The van der Waals surface area contributed by atoms with Gasteiger partial charge in [0.2, 0.25) is 5.91 Å². The first-order chi connectivity index (χ1) is 15.8. The Morgan fingerprint density at radius 3 is 2.61 bits per heavy atom. The third-order valence-corrected chi connectivity index (χ3v) is 6.29. The molecule has 0 saturated carbocycles. The van der Waals surface area contributed by atoms with E-state index in [1.54, 1.807) is 30.1 Å². The summed E-state index contributed by atoms with van der Waals surface area (Å²) < 4.78 is 20.5. The molecular weight excluding hydrogens is 443 g/mol. The van der Waals surface area contributed by atoms with Crippen molar-refractivity contribution < 1.29 is 18.7 Å². The van der Waals surface area contributed by atoms with E-state index in [0.29, 0.717) is 30.3 Å². The lowest BCUT2D eigenvalue weighted by atomic mass is 10.0. The van der Waals surface area contributed by atoms with E-state index in [4.69, 9.17) is 16.3 Å². The SMILES string of the molecule is CC(C)C[C@H]1COc2ccccc2C(=O)N(C)CCCCN1C(=O)Cc1c(F)cccc1Cl. The number of benzene rings is 2. The predicted octanol–water partition coefficient (Wildman–Crippen LogP) is 5.21. The van der Waals surface area contributed by atoms with Crippen LogP contribution in [0.1, 0.15) is 49.0 Å². The Morgan fingerprint density at radius 2 is 1.88 bits per heavy atom. The van der Waals surface area contributed by atoms with Gasteiger partial charge in [0.05, 0.1) is 18.0 Å². The largest absolute Gasteiger partial charge is 0.491 e. The van der Waals surface area contributed by atoms with Crippen LogP contribution < -0.4 is 4.74 Å². The predicted molar refractivity (Wildman–Crippen MR) is 128 cm³/mol. The first-order valence-corrected chi connectivity index (χ1v) is 11.8. The van der Waals surface area contributed by atoms with Gasteiger partial charge >= 0.3 is 0 Å². The molecule has 1 atom stereocenters. The molecule has 2 aromatic carbocycles. The van der Waals surface area contributed by atoms with E-state index in [1.165, 1.54) is 12.1 Å². The average molecular weight is 475 g/mol. The lowest BCUT2D eigenvalue weighted by Gasteiger charge is -2.34. The van der Waals surface area contributed by atoms with Crippen molar-refractivity contribution in [2.45, 2.75) is 45.6 Å². The highest BCUT2D eigenvalue weighted by atomic mass is 35.5. The second-order valence-corrected chi connectivity index (χ2v) is 9.40. The molecule has 5 nitrogen and oxygen atoms in total. The summed E-state index contributed by atoms with van der Waals surface area (Å²) in [6.07, 6.45) is 2.11. The van der Waals surface area contributed by atoms with Crippen LogP contribution >= 0.6 is 11.6 Å². The van der Waals surface area contributed by atoms with Crippen LogP contribution in [0, 0.1) is 11.7 Å². The van der Waals surface area contributed by atoms with Crippen LogP contribution in [-0.2, 0) is 11.2 Å². The minimum atomic E-state index is -0.476. The summed E-state index contributed by atoms with van der Waals surface area (Å²) in [6, 6.07) is 11.4. The summed E-state index contributed by atoms with van der Waals surface area (Å²) in [5.41, 5.74) is 0.732.